The molecule has 0 spiro atoms. The summed E-state index contributed by atoms with van der Waals surface area (Å²) in [4.78, 5) is 25.1. The van der Waals surface area contributed by atoms with Gasteiger partial charge in [0.25, 0.3) is 0 Å². The summed E-state index contributed by atoms with van der Waals surface area (Å²) in [6.07, 6.45) is 4.09. The molecule has 5 nitrogen and oxygen atoms in total. The van der Waals surface area contributed by atoms with Crippen LogP contribution in [0, 0.1) is 5.92 Å². The molecule has 2 atom stereocenters. The molecule has 1 fully saturated rings. The topological polar surface area (TPSA) is 75.4 Å². The monoisotopic (exact) mass is 301 g/mol. The zero-order valence-electron chi connectivity index (χ0n) is 12.8. The number of urea groups is 1. The largest absolute Gasteiger partial charge is 0.369 e. The summed E-state index contributed by atoms with van der Waals surface area (Å²) in [5.41, 5.74) is 8.08. The molecule has 0 radical (unpaired) electrons. The Kier molecular flexibility index (Phi) is 4.32. The average molecular weight is 301 g/mol. The van der Waals surface area contributed by atoms with E-state index in [1.807, 2.05) is 0 Å². The number of nitrogens with zero attached hydrogens (tertiary/aromatic N) is 1. The van der Waals surface area contributed by atoms with E-state index >= 15 is 0 Å². The molecule has 3 rings (SSSR count). The first-order valence-corrected chi connectivity index (χ1v) is 8.05. The predicted octanol–water partition coefficient (Wildman–Crippen LogP) is 1.62. The molecule has 3 N–H and O–H groups in total. The fraction of sp³-hybridized carbons (Fsp3) is 0.529. The standard InChI is InChI=1S/C17H23N3O2/c18-16(21)14-8-9-20(11-14)17(22)19-10-13-6-3-5-12-4-1-2-7-15(12)13/h1-2,4,7,13-14H,3,5-6,8-11H2,(H2,18,21)(H,19,22). The van der Waals surface area contributed by atoms with Crippen molar-refractivity contribution < 1.29 is 9.59 Å². The second kappa shape index (κ2) is 6.38. The minimum atomic E-state index is -0.309. The molecule has 1 aromatic carbocycles. The van der Waals surface area contributed by atoms with E-state index in [-0.39, 0.29) is 17.9 Å². The number of rotatable bonds is 3. The molecule has 5 heteroatoms. The van der Waals surface area contributed by atoms with Gasteiger partial charge in [0, 0.05) is 25.6 Å². The molecule has 0 aromatic heterocycles. The number of hydrogen-bond donors (Lipinski definition) is 2. The Labute approximate surface area is 130 Å². The van der Waals surface area contributed by atoms with E-state index in [4.69, 9.17) is 5.73 Å². The minimum absolute atomic E-state index is 0.0770. The number of primary amides is 1. The number of aryl methyl sites for hydroxylation is 1. The fourth-order valence-electron chi connectivity index (χ4n) is 3.57. The Hall–Kier alpha value is -2.04. The van der Waals surface area contributed by atoms with Crippen molar-refractivity contribution >= 4 is 11.9 Å². The summed E-state index contributed by atoms with van der Waals surface area (Å²) >= 11 is 0. The number of benzene rings is 1. The first-order chi connectivity index (χ1) is 10.6. The van der Waals surface area contributed by atoms with Crippen LogP contribution in [0.25, 0.3) is 0 Å². The summed E-state index contributed by atoms with van der Waals surface area (Å²) in [6, 6.07) is 8.42. The molecule has 22 heavy (non-hydrogen) atoms. The lowest BCUT2D eigenvalue weighted by Crippen LogP contribution is -2.41. The van der Waals surface area contributed by atoms with Gasteiger partial charge in [-0.05, 0) is 36.8 Å². The summed E-state index contributed by atoms with van der Waals surface area (Å²) in [5.74, 6) is -0.110. The van der Waals surface area contributed by atoms with Crippen LogP contribution in [-0.2, 0) is 11.2 Å². The molecular formula is C17H23N3O2. The maximum absolute atomic E-state index is 12.2. The van der Waals surface area contributed by atoms with E-state index in [9.17, 15) is 9.59 Å². The number of amides is 3. The van der Waals surface area contributed by atoms with Gasteiger partial charge in [0.2, 0.25) is 5.91 Å². The van der Waals surface area contributed by atoms with E-state index in [2.05, 4.69) is 29.6 Å². The third kappa shape index (κ3) is 3.08. The van der Waals surface area contributed by atoms with Crippen LogP contribution in [0.15, 0.2) is 24.3 Å². The molecule has 1 aliphatic carbocycles. The van der Waals surface area contributed by atoms with Crippen LogP contribution in [0.3, 0.4) is 0 Å². The van der Waals surface area contributed by atoms with Crippen LogP contribution in [0.2, 0.25) is 0 Å². The van der Waals surface area contributed by atoms with Crippen molar-refractivity contribution in [3.05, 3.63) is 35.4 Å². The second-order valence-corrected chi connectivity index (χ2v) is 6.31. The van der Waals surface area contributed by atoms with Crippen LogP contribution in [-0.4, -0.2) is 36.5 Å². The van der Waals surface area contributed by atoms with Crippen LogP contribution in [0.5, 0.6) is 0 Å². The van der Waals surface area contributed by atoms with Crippen molar-refractivity contribution in [3.8, 4) is 0 Å². The number of carbonyl (C=O) groups excluding carboxylic acids is 2. The van der Waals surface area contributed by atoms with Crippen molar-refractivity contribution in [2.24, 2.45) is 11.7 Å². The average Bonchev–Trinajstić information content (AvgIpc) is 3.03. The normalized spacial score (nSPS) is 23.9. The first-order valence-electron chi connectivity index (χ1n) is 8.05. The lowest BCUT2D eigenvalue weighted by Gasteiger charge is -2.26. The van der Waals surface area contributed by atoms with Gasteiger partial charge in [0.1, 0.15) is 0 Å². The molecule has 118 valence electrons. The molecule has 1 heterocycles. The van der Waals surface area contributed by atoms with Crippen LogP contribution in [0.1, 0.15) is 36.3 Å². The number of carbonyl (C=O) groups is 2. The number of nitrogens with two attached hydrogens (primary N) is 1. The highest BCUT2D eigenvalue weighted by Gasteiger charge is 2.30. The van der Waals surface area contributed by atoms with E-state index in [0.29, 0.717) is 32.0 Å². The number of fused-ring (bicyclic) bond motifs is 1. The molecule has 2 aliphatic rings. The smallest absolute Gasteiger partial charge is 0.317 e. The fourth-order valence-corrected chi connectivity index (χ4v) is 3.57. The first kappa shape index (κ1) is 14.9. The maximum Gasteiger partial charge on any atom is 0.317 e. The van der Waals surface area contributed by atoms with Gasteiger partial charge in [-0.25, -0.2) is 4.79 Å². The lowest BCUT2D eigenvalue weighted by molar-refractivity contribution is -0.121. The SMILES string of the molecule is NC(=O)C1CCN(C(=O)NCC2CCCc3ccccc32)C1. The molecular weight excluding hydrogens is 278 g/mol. The van der Waals surface area contributed by atoms with Gasteiger partial charge in [0.05, 0.1) is 5.92 Å². The van der Waals surface area contributed by atoms with Crippen LogP contribution >= 0.6 is 0 Å². The third-order valence-electron chi connectivity index (χ3n) is 4.87. The van der Waals surface area contributed by atoms with Crippen molar-refractivity contribution in [3.63, 3.8) is 0 Å². The second-order valence-electron chi connectivity index (χ2n) is 6.31. The summed E-state index contributed by atoms with van der Waals surface area (Å²) in [7, 11) is 0. The van der Waals surface area contributed by atoms with Gasteiger partial charge in [0.15, 0.2) is 0 Å². The van der Waals surface area contributed by atoms with Gasteiger partial charge in [-0.3, -0.25) is 4.79 Å². The Balaban J connectivity index is 1.55. The van der Waals surface area contributed by atoms with Crippen molar-refractivity contribution in [1.82, 2.24) is 10.2 Å². The van der Waals surface area contributed by atoms with E-state index in [1.165, 1.54) is 17.5 Å². The Morgan fingerprint density at radius 3 is 2.86 bits per heavy atom. The highest BCUT2D eigenvalue weighted by Crippen LogP contribution is 2.30. The Bertz CT molecular complexity index is 573. The van der Waals surface area contributed by atoms with E-state index in [0.717, 1.165) is 12.8 Å². The van der Waals surface area contributed by atoms with Crippen LogP contribution in [0.4, 0.5) is 4.79 Å². The summed E-state index contributed by atoms with van der Waals surface area (Å²) < 4.78 is 0. The molecule has 0 bridgehead atoms. The van der Waals surface area contributed by atoms with Crippen molar-refractivity contribution in [1.29, 1.82) is 0 Å². The molecule has 2 unspecified atom stereocenters. The highest BCUT2D eigenvalue weighted by molar-refractivity contribution is 5.80. The number of nitrogens with one attached hydrogen (secondary N) is 1. The van der Waals surface area contributed by atoms with Gasteiger partial charge in [-0.2, -0.15) is 0 Å². The number of likely N-dealkylation sites (tertiary alicyclic amines) is 1. The number of hydrogen-bond acceptors (Lipinski definition) is 2. The van der Waals surface area contributed by atoms with E-state index in [1.54, 1.807) is 4.90 Å². The molecule has 1 aromatic rings. The van der Waals surface area contributed by atoms with Crippen LogP contribution < -0.4 is 11.1 Å². The zero-order valence-corrected chi connectivity index (χ0v) is 12.8. The molecule has 0 saturated carbocycles. The third-order valence-corrected chi connectivity index (χ3v) is 4.87. The minimum Gasteiger partial charge on any atom is -0.369 e. The van der Waals surface area contributed by atoms with Crippen molar-refractivity contribution in [2.75, 3.05) is 19.6 Å². The summed E-state index contributed by atoms with van der Waals surface area (Å²) in [6.45, 7) is 1.72. The molecule has 1 aliphatic heterocycles. The van der Waals surface area contributed by atoms with Gasteiger partial charge in [-0.15, -0.1) is 0 Å². The van der Waals surface area contributed by atoms with E-state index < -0.39 is 0 Å². The Morgan fingerprint density at radius 1 is 1.27 bits per heavy atom. The maximum atomic E-state index is 12.2. The predicted molar refractivity (Wildman–Crippen MR) is 84.4 cm³/mol. The van der Waals surface area contributed by atoms with Gasteiger partial charge in [-0.1, -0.05) is 24.3 Å². The summed E-state index contributed by atoms with van der Waals surface area (Å²) in [5, 5.41) is 3.03. The molecule has 3 amide bonds. The van der Waals surface area contributed by atoms with Crippen molar-refractivity contribution in [2.45, 2.75) is 31.6 Å². The van der Waals surface area contributed by atoms with Gasteiger partial charge >= 0.3 is 6.03 Å². The lowest BCUT2D eigenvalue weighted by atomic mass is 9.83. The highest BCUT2D eigenvalue weighted by atomic mass is 16.2. The van der Waals surface area contributed by atoms with Gasteiger partial charge < -0.3 is 16.0 Å². The molecule has 1 saturated heterocycles. The zero-order chi connectivity index (χ0) is 15.5. The Morgan fingerprint density at radius 2 is 2.09 bits per heavy atom. The quantitative estimate of drug-likeness (QED) is 0.890.